The molecule has 0 aromatic carbocycles. The molecule has 0 unspecified atom stereocenters. The number of rotatable bonds is 2. The van der Waals surface area contributed by atoms with E-state index >= 15 is 0 Å². The first-order chi connectivity index (χ1) is 7.78. The summed E-state index contributed by atoms with van der Waals surface area (Å²) in [6, 6.07) is 1.81. The van der Waals surface area contributed by atoms with Crippen LogP contribution in [0.1, 0.15) is 16.2 Å². The lowest BCUT2D eigenvalue weighted by Gasteiger charge is -1.84. The zero-order valence-electron chi connectivity index (χ0n) is 8.35. The third kappa shape index (κ3) is 1.16. The third-order valence-electron chi connectivity index (χ3n) is 2.21. The van der Waals surface area contributed by atoms with Crippen molar-refractivity contribution in [3.8, 4) is 11.6 Å². The van der Waals surface area contributed by atoms with Crippen molar-refractivity contribution in [3.63, 3.8) is 0 Å². The Morgan fingerprint density at radius 3 is 3.06 bits per heavy atom. The van der Waals surface area contributed by atoms with Gasteiger partial charge in [0.25, 0.3) is 0 Å². The van der Waals surface area contributed by atoms with Gasteiger partial charge in [-0.15, -0.1) is 0 Å². The quantitative estimate of drug-likeness (QED) is 0.663. The van der Waals surface area contributed by atoms with E-state index < -0.39 is 0 Å². The minimum absolute atomic E-state index is 0.140. The third-order valence-corrected chi connectivity index (χ3v) is 2.21. The fraction of sp³-hybridized carbons (Fsp3) is 0.100. The SMILES string of the molecule is Cc1cc(-c2nc3coc(C=O)c3o2)n[nH]1. The Morgan fingerprint density at radius 1 is 1.50 bits per heavy atom. The summed E-state index contributed by atoms with van der Waals surface area (Å²) in [4.78, 5) is 14.8. The Kier molecular flexibility index (Phi) is 1.70. The second kappa shape index (κ2) is 3.06. The molecule has 6 heteroatoms. The van der Waals surface area contributed by atoms with Gasteiger partial charge in [0.05, 0.1) is 0 Å². The van der Waals surface area contributed by atoms with E-state index in [1.165, 1.54) is 6.26 Å². The van der Waals surface area contributed by atoms with Crippen LogP contribution in [0.2, 0.25) is 0 Å². The number of aromatic amines is 1. The van der Waals surface area contributed by atoms with E-state index in [9.17, 15) is 4.79 Å². The summed E-state index contributed by atoms with van der Waals surface area (Å²) in [6.45, 7) is 1.88. The minimum Gasteiger partial charge on any atom is -0.455 e. The van der Waals surface area contributed by atoms with Gasteiger partial charge in [-0.2, -0.15) is 5.10 Å². The summed E-state index contributed by atoms with van der Waals surface area (Å²) in [7, 11) is 0. The van der Waals surface area contributed by atoms with Crippen LogP contribution >= 0.6 is 0 Å². The van der Waals surface area contributed by atoms with Gasteiger partial charge in [0.15, 0.2) is 6.29 Å². The van der Waals surface area contributed by atoms with Crippen molar-refractivity contribution in [1.29, 1.82) is 0 Å². The lowest BCUT2D eigenvalue weighted by atomic mass is 10.4. The molecular formula is C10H7N3O3. The number of carbonyl (C=O) groups is 1. The molecule has 0 aliphatic carbocycles. The molecule has 0 aliphatic rings. The van der Waals surface area contributed by atoms with Gasteiger partial charge >= 0.3 is 0 Å². The standard InChI is InChI=1S/C10H7N3O3/c1-5-2-6(13-12-5)10-11-7-4-15-8(3-14)9(7)16-10/h2-4H,1H3,(H,12,13). The largest absolute Gasteiger partial charge is 0.455 e. The molecule has 3 aromatic heterocycles. The highest BCUT2D eigenvalue weighted by molar-refractivity contribution is 5.90. The van der Waals surface area contributed by atoms with E-state index in [0.717, 1.165) is 5.69 Å². The summed E-state index contributed by atoms with van der Waals surface area (Å²) < 4.78 is 10.4. The van der Waals surface area contributed by atoms with E-state index in [-0.39, 0.29) is 5.76 Å². The molecule has 6 nitrogen and oxygen atoms in total. The number of hydrogen-bond acceptors (Lipinski definition) is 5. The first-order valence-electron chi connectivity index (χ1n) is 4.63. The molecule has 3 rings (SSSR count). The molecule has 0 aliphatic heterocycles. The first kappa shape index (κ1) is 8.90. The number of H-pyrrole nitrogens is 1. The van der Waals surface area contributed by atoms with Crippen molar-refractivity contribution in [3.05, 3.63) is 23.8 Å². The maximum absolute atomic E-state index is 10.6. The molecule has 0 spiro atoms. The van der Waals surface area contributed by atoms with Crippen LogP contribution in [0.15, 0.2) is 21.2 Å². The first-order valence-corrected chi connectivity index (χ1v) is 4.63. The normalized spacial score (nSPS) is 11.1. The van der Waals surface area contributed by atoms with Crippen molar-refractivity contribution in [2.24, 2.45) is 0 Å². The Bertz CT molecular complexity index is 662. The maximum Gasteiger partial charge on any atom is 0.248 e. The highest BCUT2D eigenvalue weighted by atomic mass is 16.4. The summed E-state index contributed by atoms with van der Waals surface area (Å²) >= 11 is 0. The molecule has 3 aromatic rings. The Morgan fingerprint density at radius 2 is 2.38 bits per heavy atom. The average molecular weight is 217 g/mol. The molecule has 3 heterocycles. The van der Waals surface area contributed by atoms with Crippen LogP contribution in [0.3, 0.4) is 0 Å². The van der Waals surface area contributed by atoms with E-state index in [0.29, 0.717) is 29.0 Å². The molecule has 80 valence electrons. The fourth-order valence-corrected chi connectivity index (χ4v) is 1.48. The number of fused-ring (bicyclic) bond motifs is 1. The molecule has 0 amide bonds. The van der Waals surface area contributed by atoms with Crippen molar-refractivity contribution < 1.29 is 13.6 Å². The molecule has 0 radical (unpaired) electrons. The van der Waals surface area contributed by atoms with E-state index in [2.05, 4.69) is 15.2 Å². The van der Waals surface area contributed by atoms with E-state index in [1.807, 2.05) is 13.0 Å². The maximum atomic E-state index is 10.6. The zero-order chi connectivity index (χ0) is 11.1. The van der Waals surface area contributed by atoms with Crippen LogP contribution in [-0.4, -0.2) is 21.5 Å². The van der Waals surface area contributed by atoms with Crippen LogP contribution in [0.5, 0.6) is 0 Å². The molecule has 16 heavy (non-hydrogen) atoms. The summed E-state index contributed by atoms with van der Waals surface area (Å²) in [5.41, 5.74) is 2.38. The number of nitrogens with zero attached hydrogens (tertiary/aromatic N) is 2. The molecule has 0 saturated heterocycles. The smallest absolute Gasteiger partial charge is 0.248 e. The average Bonchev–Trinajstić information content (AvgIpc) is 2.90. The molecule has 0 saturated carbocycles. The number of carbonyl (C=O) groups excluding carboxylic acids is 1. The van der Waals surface area contributed by atoms with Gasteiger partial charge in [0.1, 0.15) is 17.5 Å². The molecule has 1 N–H and O–H groups in total. The predicted molar refractivity (Wildman–Crippen MR) is 54.0 cm³/mol. The van der Waals surface area contributed by atoms with Gasteiger partial charge < -0.3 is 8.83 Å². The summed E-state index contributed by atoms with van der Waals surface area (Å²) in [5.74, 6) is 0.509. The molecular weight excluding hydrogens is 210 g/mol. The monoisotopic (exact) mass is 217 g/mol. The van der Waals surface area contributed by atoms with Crippen LogP contribution < -0.4 is 0 Å². The number of furan rings is 1. The Labute approximate surface area is 89.3 Å². The van der Waals surface area contributed by atoms with E-state index in [4.69, 9.17) is 8.83 Å². The van der Waals surface area contributed by atoms with Crippen LogP contribution in [0, 0.1) is 6.92 Å². The van der Waals surface area contributed by atoms with Crippen LogP contribution in [-0.2, 0) is 0 Å². The van der Waals surface area contributed by atoms with Gasteiger partial charge in [-0.1, -0.05) is 0 Å². The number of nitrogens with one attached hydrogen (secondary N) is 1. The van der Waals surface area contributed by atoms with Crippen molar-refractivity contribution >= 4 is 17.4 Å². The lowest BCUT2D eigenvalue weighted by Crippen LogP contribution is -1.76. The second-order valence-electron chi connectivity index (χ2n) is 3.39. The number of hydrogen-bond donors (Lipinski definition) is 1. The highest BCUT2D eigenvalue weighted by Crippen LogP contribution is 2.26. The fourth-order valence-electron chi connectivity index (χ4n) is 1.48. The molecule has 0 atom stereocenters. The summed E-state index contributed by atoms with van der Waals surface area (Å²) in [5, 5.41) is 6.81. The van der Waals surface area contributed by atoms with E-state index in [1.54, 1.807) is 0 Å². The molecule has 0 bridgehead atoms. The van der Waals surface area contributed by atoms with Crippen LogP contribution in [0.4, 0.5) is 0 Å². The van der Waals surface area contributed by atoms with Crippen LogP contribution in [0.25, 0.3) is 22.7 Å². The molecule has 0 fully saturated rings. The van der Waals surface area contributed by atoms with Crippen molar-refractivity contribution in [2.45, 2.75) is 6.92 Å². The zero-order valence-corrected chi connectivity index (χ0v) is 8.35. The van der Waals surface area contributed by atoms with Gasteiger partial charge in [-0.3, -0.25) is 9.89 Å². The predicted octanol–water partition coefficient (Wildman–Crippen LogP) is 1.93. The van der Waals surface area contributed by atoms with Gasteiger partial charge in [-0.05, 0) is 13.0 Å². The number of aryl methyl sites for hydroxylation is 1. The lowest BCUT2D eigenvalue weighted by molar-refractivity contribution is 0.110. The minimum atomic E-state index is 0.140. The number of oxazole rings is 1. The van der Waals surface area contributed by atoms with Crippen molar-refractivity contribution in [2.75, 3.05) is 0 Å². The summed E-state index contributed by atoms with van der Waals surface area (Å²) in [6.07, 6.45) is 1.97. The Hall–Kier alpha value is -2.37. The topological polar surface area (TPSA) is 84.9 Å². The highest BCUT2D eigenvalue weighted by Gasteiger charge is 2.16. The van der Waals surface area contributed by atoms with Gasteiger partial charge in [0, 0.05) is 5.69 Å². The number of aldehydes is 1. The number of aromatic nitrogens is 3. The van der Waals surface area contributed by atoms with Crippen molar-refractivity contribution in [1.82, 2.24) is 15.2 Å². The van der Waals surface area contributed by atoms with Gasteiger partial charge in [0.2, 0.25) is 17.2 Å². The Balaban J connectivity index is 2.18. The second-order valence-corrected chi connectivity index (χ2v) is 3.39. The van der Waals surface area contributed by atoms with Gasteiger partial charge in [-0.25, -0.2) is 4.98 Å².